The molecule has 1 heterocycles. The van der Waals surface area contributed by atoms with Crippen LogP contribution in [0.5, 0.6) is 11.5 Å². The van der Waals surface area contributed by atoms with E-state index in [9.17, 15) is 5.11 Å². The van der Waals surface area contributed by atoms with Crippen molar-refractivity contribution in [3.05, 3.63) is 54.4 Å². The van der Waals surface area contributed by atoms with E-state index in [2.05, 4.69) is 15.2 Å². The van der Waals surface area contributed by atoms with E-state index in [0.717, 1.165) is 27.3 Å². The standard InChI is InChI=1S/C17H14N4O2/c18-17-19-16(20-21-17)9-23-13-4-6-15-11(8-13)2-1-10-7-12(22)3-5-14(10)15/h1-8,22H,9H2,(H3,18,19,20,21). The molecule has 4 aromatic rings. The highest BCUT2D eigenvalue weighted by molar-refractivity contribution is 6.08. The average Bonchev–Trinajstić information content (AvgIpc) is 2.97. The van der Waals surface area contributed by atoms with E-state index < -0.39 is 0 Å². The largest absolute Gasteiger partial charge is 0.508 e. The van der Waals surface area contributed by atoms with Crippen molar-refractivity contribution in [3.63, 3.8) is 0 Å². The van der Waals surface area contributed by atoms with Crippen LogP contribution in [0.2, 0.25) is 0 Å². The Morgan fingerprint density at radius 1 is 1.00 bits per heavy atom. The molecule has 0 unspecified atom stereocenters. The van der Waals surface area contributed by atoms with Gasteiger partial charge in [-0.2, -0.15) is 4.98 Å². The second-order valence-corrected chi connectivity index (χ2v) is 5.28. The minimum absolute atomic E-state index is 0.205. The molecule has 0 saturated carbocycles. The lowest BCUT2D eigenvalue weighted by Gasteiger charge is -2.08. The van der Waals surface area contributed by atoms with Crippen molar-refractivity contribution in [2.75, 3.05) is 5.73 Å². The summed E-state index contributed by atoms with van der Waals surface area (Å²) in [5.41, 5.74) is 5.46. The number of aromatic nitrogens is 3. The second kappa shape index (κ2) is 5.17. The summed E-state index contributed by atoms with van der Waals surface area (Å²) in [6, 6.07) is 15.3. The van der Waals surface area contributed by atoms with Crippen molar-refractivity contribution in [1.82, 2.24) is 15.2 Å². The number of phenols is 1. The molecular formula is C17H14N4O2. The topological polar surface area (TPSA) is 97.0 Å². The second-order valence-electron chi connectivity index (χ2n) is 5.28. The molecule has 0 radical (unpaired) electrons. The number of hydrogen-bond acceptors (Lipinski definition) is 5. The summed E-state index contributed by atoms with van der Waals surface area (Å²) in [6.45, 7) is 0.275. The van der Waals surface area contributed by atoms with E-state index >= 15 is 0 Å². The summed E-state index contributed by atoms with van der Waals surface area (Å²) >= 11 is 0. The highest BCUT2D eigenvalue weighted by Crippen LogP contribution is 2.30. The number of anilines is 1. The Morgan fingerprint density at radius 2 is 1.74 bits per heavy atom. The van der Waals surface area contributed by atoms with Gasteiger partial charge in [0.25, 0.3) is 0 Å². The van der Waals surface area contributed by atoms with E-state index in [-0.39, 0.29) is 18.3 Å². The van der Waals surface area contributed by atoms with E-state index in [1.54, 1.807) is 12.1 Å². The van der Waals surface area contributed by atoms with Gasteiger partial charge >= 0.3 is 0 Å². The normalized spacial score (nSPS) is 11.1. The predicted octanol–water partition coefficient (Wildman–Crippen LogP) is 2.98. The summed E-state index contributed by atoms with van der Waals surface area (Å²) in [5, 5.41) is 20.3. The van der Waals surface area contributed by atoms with Crippen LogP contribution in [0.25, 0.3) is 21.5 Å². The van der Waals surface area contributed by atoms with Crippen molar-refractivity contribution < 1.29 is 9.84 Å². The molecule has 114 valence electrons. The minimum atomic E-state index is 0.205. The maximum atomic E-state index is 9.58. The van der Waals surface area contributed by atoms with Crippen LogP contribution in [-0.4, -0.2) is 20.3 Å². The first-order valence-corrected chi connectivity index (χ1v) is 7.14. The van der Waals surface area contributed by atoms with Gasteiger partial charge in [0.15, 0.2) is 5.82 Å². The molecule has 3 aromatic carbocycles. The van der Waals surface area contributed by atoms with Gasteiger partial charge in [-0.25, -0.2) is 0 Å². The van der Waals surface area contributed by atoms with E-state index in [0.29, 0.717) is 5.82 Å². The Kier molecular flexibility index (Phi) is 3.01. The number of H-pyrrole nitrogens is 1. The van der Waals surface area contributed by atoms with Crippen LogP contribution in [0.1, 0.15) is 5.82 Å². The monoisotopic (exact) mass is 306 g/mol. The minimum Gasteiger partial charge on any atom is -0.508 e. The van der Waals surface area contributed by atoms with Crippen LogP contribution in [0, 0.1) is 0 Å². The number of fused-ring (bicyclic) bond motifs is 3. The van der Waals surface area contributed by atoms with Gasteiger partial charge in [-0.1, -0.05) is 24.3 Å². The number of aromatic hydroxyl groups is 1. The van der Waals surface area contributed by atoms with Crippen LogP contribution in [0.4, 0.5) is 5.95 Å². The number of nitrogens with two attached hydrogens (primary N) is 1. The molecule has 4 N–H and O–H groups in total. The fraction of sp³-hybridized carbons (Fsp3) is 0.0588. The number of aromatic amines is 1. The third-order valence-electron chi connectivity index (χ3n) is 3.72. The molecule has 6 heteroatoms. The Bertz CT molecular complexity index is 1010. The molecule has 4 rings (SSSR count). The number of benzene rings is 3. The summed E-state index contributed by atoms with van der Waals surface area (Å²) < 4.78 is 5.72. The maximum Gasteiger partial charge on any atom is 0.239 e. The fourth-order valence-corrected chi connectivity index (χ4v) is 2.65. The van der Waals surface area contributed by atoms with Gasteiger partial charge in [-0.05, 0) is 45.8 Å². The summed E-state index contributed by atoms with van der Waals surface area (Å²) in [5.74, 6) is 1.79. The zero-order chi connectivity index (χ0) is 15.8. The molecule has 1 aromatic heterocycles. The van der Waals surface area contributed by atoms with Crippen molar-refractivity contribution in [2.45, 2.75) is 6.61 Å². The number of nitrogen functional groups attached to an aromatic ring is 1. The van der Waals surface area contributed by atoms with E-state index in [1.807, 2.05) is 36.4 Å². The van der Waals surface area contributed by atoms with Crippen molar-refractivity contribution in [3.8, 4) is 11.5 Å². The first-order chi connectivity index (χ1) is 11.2. The van der Waals surface area contributed by atoms with Crippen LogP contribution in [0.15, 0.2) is 48.5 Å². The van der Waals surface area contributed by atoms with Crippen molar-refractivity contribution in [1.29, 1.82) is 0 Å². The molecule has 0 atom stereocenters. The highest BCUT2D eigenvalue weighted by atomic mass is 16.5. The summed E-state index contributed by atoms with van der Waals surface area (Å²) in [7, 11) is 0. The van der Waals surface area contributed by atoms with Crippen LogP contribution < -0.4 is 10.5 Å². The Hall–Kier alpha value is -3.28. The number of rotatable bonds is 3. The Labute approximate surface area is 131 Å². The van der Waals surface area contributed by atoms with Gasteiger partial charge in [-0.3, -0.25) is 5.10 Å². The molecule has 0 aliphatic heterocycles. The predicted molar refractivity (Wildman–Crippen MR) is 88.2 cm³/mol. The lowest BCUT2D eigenvalue weighted by molar-refractivity contribution is 0.297. The van der Waals surface area contributed by atoms with Crippen LogP contribution in [-0.2, 0) is 6.61 Å². The Balaban J connectivity index is 1.67. The number of phenolic OH excluding ortho intramolecular Hbond substituents is 1. The van der Waals surface area contributed by atoms with Crippen molar-refractivity contribution in [2.24, 2.45) is 0 Å². The number of hydrogen-bond donors (Lipinski definition) is 3. The molecular weight excluding hydrogens is 292 g/mol. The van der Waals surface area contributed by atoms with Gasteiger partial charge in [0.2, 0.25) is 5.95 Å². The third-order valence-corrected chi connectivity index (χ3v) is 3.72. The molecule has 0 fully saturated rings. The quantitative estimate of drug-likeness (QED) is 0.506. The van der Waals surface area contributed by atoms with Gasteiger partial charge in [0.05, 0.1) is 0 Å². The third kappa shape index (κ3) is 2.50. The zero-order valence-corrected chi connectivity index (χ0v) is 12.2. The number of nitrogens with zero attached hydrogens (tertiary/aromatic N) is 2. The first kappa shape index (κ1) is 13.4. The zero-order valence-electron chi connectivity index (χ0n) is 12.2. The molecule has 0 saturated heterocycles. The summed E-state index contributed by atoms with van der Waals surface area (Å²) in [6.07, 6.45) is 0. The first-order valence-electron chi connectivity index (χ1n) is 7.14. The molecule has 6 nitrogen and oxygen atoms in total. The molecule has 0 bridgehead atoms. The number of ether oxygens (including phenoxy) is 1. The van der Waals surface area contributed by atoms with E-state index in [1.165, 1.54) is 0 Å². The van der Waals surface area contributed by atoms with Gasteiger partial charge in [0, 0.05) is 0 Å². The molecule has 0 amide bonds. The smallest absolute Gasteiger partial charge is 0.239 e. The lowest BCUT2D eigenvalue weighted by atomic mass is 10.0. The van der Waals surface area contributed by atoms with Crippen molar-refractivity contribution >= 4 is 27.5 Å². The highest BCUT2D eigenvalue weighted by Gasteiger charge is 2.05. The van der Waals surface area contributed by atoms with Crippen LogP contribution >= 0.6 is 0 Å². The average molecular weight is 306 g/mol. The summed E-state index contributed by atoms with van der Waals surface area (Å²) in [4.78, 5) is 4.00. The van der Waals surface area contributed by atoms with Gasteiger partial charge < -0.3 is 15.6 Å². The lowest BCUT2D eigenvalue weighted by Crippen LogP contribution is -1.98. The molecule has 0 spiro atoms. The SMILES string of the molecule is Nc1n[nH]c(COc2ccc3c(ccc4cc(O)ccc43)c2)n1. The molecule has 23 heavy (non-hydrogen) atoms. The molecule has 0 aliphatic rings. The number of nitrogens with one attached hydrogen (secondary N) is 1. The van der Waals surface area contributed by atoms with Crippen LogP contribution in [0.3, 0.4) is 0 Å². The van der Waals surface area contributed by atoms with E-state index in [4.69, 9.17) is 10.5 Å². The Morgan fingerprint density at radius 3 is 2.48 bits per heavy atom. The van der Waals surface area contributed by atoms with Gasteiger partial charge in [0.1, 0.15) is 18.1 Å². The molecule has 0 aliphatic carbocycles. The maximum absolute atomic E-state index is 9.58. The fourth-order valence-electron chi connectivity index (χ4n) is 2.65. The van der Waals surface area contributed by atoms with Gasteiger partial charge in [-0.15, -0.1) is 5.10 Å².